The molecule has 0 saturated heterocycles. The van der Waals surface area contributed by atoms with Crippen LogP contribution in [0.5, 0.6) is 5.75 Å². The smallest absolute Gasteiger partial charge is 0.118 e. The first kappa shape index (κ1) is 35.6. The Kier molecular flexibility index (Phi) is 22.1. The topological polar surface area (TPSA) is 47.9 Å². The number of methoxy groups -OCH3 is 3. The number of hydrogen-bond acceptors (Lipinski definition) is 4. The van der Waals surface area contributed by atoms with Crippen molar-refractivity contribution in [2.24, 2.45) is 17.8 Å². The summed E-state index contributed by atoms with van der Waals surface area (Å²) in [5.41, 5.74) is 2.54. The van der Waals surface area contributed by atoms with Gasteiger partial charge in [-0.1, -0.05) is 73.4 Å². The van der Waals surface area contributed by atoms with Crippen LogP contribution < -0.4 is 4.74 Å². The molecular formula is C31H58O4. The number of hydrogen-bond donors (Lipinski definition) is 1. The lowest BCUT2D eigenvalue weighted by Crippen LogP contribution is -2.20. The van der Waals surface area contributed by atoms with E-state index in [-0.39, 0.29) is 12.5 Å². The highest BCUT2D eigenvalue weighted by atomic mass is 16.5. The molecule has 0 amide bonds. The molecule has 4 unspecified atom stereocenters. The van der Waals surface area contributed by atoms with E-state index in [0.29, 0.717) is 17.9 Å². The summed E-state index contributed by atoms with van der Waals surface area (Å²) in [5, 5.41) is 9.64. The zero-order chi connectivity index (χ0) is 27.4. The fraction of sp³-hybridized carbons (Fsp3) is 0.742. The van der Waals surface area contributed by atoms with Gasteiger partial charge in [0.15, 0.2) is 0 Å². The molecule has 0 spiro atoms. The third kappa shape index (κ3) is 13.4. The van der Waals surface area contributed by atoms with Crippen molar-refractivity contribution in [1.29, 1.82) is 0 Å². The van der Waals surface area contributed by atoms with E-state index >= 15 is 0 Å². The van der Waals surface area contributed by atoms with Crippen molar-refractivity contribution in [3.63, 3.8) is 0 Å². The highest BCUT2D eigenvalue weighted by Crippen LogP contribution is 2.39. The lowest BCUT2D eigenvalue weighted by Gasteiger charge is -2.30. The summed E-state index contributed by atoms with van der Waals surface area (Å²) in [7, 11) is 5.22. The summed E-state index contributed by atoms with van der Waals surface area (Å²) >= 11 is 0. The van der Waals surface area contributed by atoms with E-state index in [1.54, 1.807) is 21.3 Å². The molecule has 4 nitrogen and oxygen atoms in total. The summed E-state index contributed by atoms with van der Waals surface area (Å²) in [6, 6.07) is 8.23. The monoisotopic (exact) mass is 494 g/mol. The van der Waals surface area contributed by atoms with Crippen LogP contribution in [0.15, 0.2) is 35.6 Å². The molecule has 4 atom stereocenters. The fourth-order valence-corrected chi connectivity index (χ4v) is 4.10. The van der Waals surface area contributed by atoms with Gasteiger partial charge in [-0.3, -0.25) is 0 Å². The molecule has 1 rings (SSSR count). The van der Waals surface area contributed by atoms with Gasteiger partial charge in [0.05, 0.1) is 26.1 Å². The van der Waals surface area contributed by atoms with Crippen LogP contribution in [0.1, 0.15) is 106 Å². The molecule has 0 saturated carbocycles. The van der Waals surface area contributed by atoms with E-state index in [0.717, 1.165) is 49.5 Å². The van der Waals surface area contributed by atoms with Gasteiger partial charge in [0.2, 0.25) is 0 Å². The van der Waals surface area contributed by atoms with E-state index < -0.39 is 0 Å². The Hall–Kier alpha value is -1.52. The minimum absolute atomic E-state index is 0.182. The van der Waals surface area contributed by atoms with E-state index in [1.165, 1.54) is 11.1 Å². The second-order valence-electron chi connectivity index (χ2n) is 9.39. The summed E-state index contributed by atoms with van der Waals surface area (Å²) in [5.74, 6) is 3.90. The molecule has 0 bridgehead atoms. The zero-order valence-corrected chi connectivity index (χ0v) is 25.1. The average molecular weight is 495 g/mol. The highest BCUT2D eigenvalue weighted by Gasteiger charge is 2.28. The van der Waals surface area contributed by atoms with Crippen molar-refractivity contribution in [1.82, 2.24) is 0 Å². The van der Waals surface area contributed by atoms with Gasteiger partial charge in [0.25, 0.3) is 0 Å². The van der Waals surface area contributed by atoms with Gasteiger partial charge in [-0.2, -0.15) is 0 Å². The molecule has 0 aliphatic heterocycles. The predicted molar refractivity (Wildman–Crippen MR) is 152 cm³/mol. The van der Waals surface area contributed by atoms with E-state index in [9.17, 15) is 5.11 Å². The molecule has 0 aromatic heterocycles. The van der Waals surface area contributed by atoms with Crippen LogP contribution in [0.25, 0.3) is 0 Å². The van der Waals surface area contributed by atoms with Crippen LogP contribution in [0.4, 0.5) is 0 Å². The van der Waals surface area contributed by atoms with Crippen LogP contribution in [0.3, 0.4) is 0 Å². The lowest BCUT2D eigenvalue weighted by molar-refractivity contribution is 0.0556. The van der Waals surface area contributed by atoms with Gasteiger partial charge in [-0.25, -0.2) is 0 Å². The summed E-state index contributed by atoms with van der Waals surface area (Å²) in [6.45, 7) is 19.5. The third-order valence-corrected chi connectivity index (χ3v) is 7.01. The first-order valence-electron chi connectivity index (χ1n) is 13.7. The van der Waals surface area contributed by atoms with Crippen molar-refractivity contribution in [2.75, 3.05) is 27.9 Å². The lowest BCUT2D eigenvalue weighted by atomic mass is 9.78. The van der Waals surface area contributed by atoms with Gasteiger partial charge in [-0.05, 0) is 74.1 Å². The molecule has 4 heteroatoms. The molecule has 206 valence electrons. The van der Waals surface area contributed by atoms with E-state index in [1.807, 2.05) is 26.0 Å². The second kappa shape index (κ2) is 21.7. The fourth-order valence-electron chi connectivity index (χ4n) is 4.10. The standard InChI is InChI=1S/C21H34O3.C8H18O.C2H6/c1-6-8-9-20(21(24-5)16(3)7-2)19(14-15-22)17-10-12-18(23-4)13-11-17;1-6(2)7(3)8(4)9-5;1-2/h10-13,19-20,22H,6-9,14-15H2,1-5H3;6-8H,1-5H3;1-2H3. The molecular weight excluding hydrogens is 436 g/mol. The third-order valence-electron chi connectivity index (χ3n) is 7.01. The Bertz CT molecular complexity index is 636. The number of benzene rings is 1. The number of unbranched alkanes of at least 4 members (excludes halogenated alkanes) is 1. The average Bonchev–Trinajstić information content (AvgIpc) is 2.90. The van der Waals surface area contributed by atoms with Crippen molar-refractivity contribution < 1.29 is 19.3 Å². The Balaban J connectivity index is 0. The Morgan fingerprint density at radius 3 is 1.83 bits per heavy atom. The maximum absolute atomic E-state index is 9.64. The van der Waals surface area contributed by atoms with Crippen molar-refractivity contribution in [2.45, 2.75) is 106 Å². The molecule has 1 aromatic carbocycles. The van der Waals surface area contributed by atoms with Crippen molar-refractivity contribution >= 4 is 0 Å². The highest BCUT2D eigenvalue weighted by molar-refractivity contribution is 5.31. The van der Waals surface area contributed by atoms with Gasteiger partial charge in [-0.15, -0.1) is 0 Å². The van der Waals surface area contributed by atoms with Crippen LogP contribution in [0, 0.1) is 17.8 Å². The Labute approximate surface area is 218 Å². The molecule has 0 heterocycles. The number of allylic oxidation sites excluding steroid dienone is 2. The number of aliphatic hydroxyl groups is 1. The minimum Gasteiger partial charge on any atom is -0.501 e. The van der Waals surface area contributed by atoms with Gasteiger partial charge in [0.1, 0.15) is 5.75 Å². The maximum Gasteiger partial charge on any atom is 0.118 e. The number of ether oxygens (including phenoxy) is 3. The second-order valence-corrected chi connectivity index (χ2v) is 9.39. The largest absolute Gasteiger partial charge is 0.501 e. The first-order chi connectivity index (χ1) is 16.7. The van der Waals surface area contributed by atoms with E-state index in [4.69, 9.17) is 14.2 Å². The van der Waals surface area contributed by atoms with Crippen molar-refractivity contribution in [3.05, 3.63) is 41.2 Å². The van der Waals surface area contributed by atoms with Gasteiger partial charge in [0, 0.05) is 19.6 Å². The van der Waals surface area contributed by atoms with E-state index in [2.05, 4.69) is 60.6 Å². The number of aliphatic hydroxyl groups excluding tert-OH is 1. The molecule has 0 aliphatic rings. The van der Waals surface area contributed by atoms with Crippen LogP contribution in [-0.2, 0) is 9.47 Å². The van der Waals surface area contributed by atoms with Crippen molar-refractivity contribution in [3.8, 4) is 5.75 Å². The quantitative estimate of drug-likeness (QED) is 0.263. The minimum atomic E-state index is 0.182. The molecule has 0 radical (unpaired) electrons. The number of rotatable bonds is 14. The molecule has 0 fully saturated rings. The van der Waals surface area contributed by atoms with Gasteiger partial charge >= 0.3 is 0 Å². The maximum atomic E-state index is 9.64. The predicted octanol–water partition coefficient (Wildman–Crippen LogP) is 8.64. The molecule has 1 N–H and O–H groups in total. The van der Waals surface area contributed by atoms with Crippen LogP contribution in [0.2, 0.25) is 0 Å². The normalized spacial score (nSPS) is 14.9. The molecule has 0 aliphatic carbocycles. The van der Waals surface area contributed by atoms with Crippen LogP contribution >= 0.6 is 0 Å². The summed E-state index contributed by atoms with van der Waals surface area (Å²) in [6.07, 6.45) is 5.52. The SMILES string of the molecule is CC.CCCCC(C(OC)=C(C)CC)C(CCO)c1ccc(OC)cc1.COC(C)C(C)C(C)C. The van der Waals surface area contributed by atoms with Gasteiger partial charge < -0.3 is 19.3 Å². The first-order valence-corrected chi connectivity index (χ1v) is 13.7. The summed E-state index contributed by atoms with van der Waals surface area (Å²) < 4.78 is 16.3. The summed E-state index contributed by atoms with van der Waals surface area (Å²) in [4.78, 5) is 0. The Morgan fingerprint density at radius 2 is 1.49 bits per heavy atom. The molecule has 35 heavy (non-hydrogen) atoms. The Morgan fingerprint density at radius 1 is 0.914 bits per heavy atom. The molecule has 1 aromatic rings. The van der Waals surface area contributed by atoms with Crippen LogP contribution in [-0.4, -0.2) is 39.1 Å². The zero-order valence-electron chi connectivity index (χ0n) is 25.1.